The Labute approximate surface area is 236 Å². The van der Waals surface area contributed by atoms with Gasteiger partial charge in [-0.15, -0.1) is 0 Å². The van der Waals surface area contributed by atoms with E-state index in [4.69, 9.17) is 13.7 Å². The van der Waals surface area contributed by atoms with E-state index in [1.54, 1.807) is 18.2 Å². The predicted octanol–water partition coefficient (Wildman–Crippen LogP) is 9.61. The number of rotatable bonds is 3. The molecule has 0 saturated carbocycles. The summed E-state index contributed by atoms with van der Waals surface area (Å²) in [6.07, 6.45) is 0. The van der Waals surface area contributed by atoms with Gasteiger partial charge >= 0.3 is 0 Å². The Morgan fingerprint density at radius 3 is 1.97 bits per heavy atom. The molecule has 0 amide bonds. The zero-order valence-corrected chi connectivity index (χ0v) is 20.1. The van der Waals surface area contributed by atoms with Gasteiger partial charge in [-0.05, 0) is 57.6 Å². The molecule has 0 bridgehead atoms. The molecule has 8 rings (SSSR count). The average molecular weight is 494 g/mol. The summed E-state index contributed by atoms with van der Waals surface area (Å²) in [5.41, 5.74) is 5.01. The first-order valence-electron chi connectivity index (χ1n) is 17.4. The Balaban J connectivity index is 1.45. The number of para-hydroxylation sites is 2. The molecule has 0 radical (unpaired) electrons. The van der Waals surface area contributed by atoms with Crippen molar-refractivity contribution >= 4 is 21.8 Å². The van der Waals surface area contributed by atoms with Gasteiger partial charge < -0.3 is 4.57 Å². The van der Waals surface area contributed by atoms with Gasteiger partial charge in [0.1, 0.15) is 0 Å². The fourth-order valence-electron chi connectivity index (χ4n) is 5.77. The summed E-state index contributed by atoms with van der Waals surface area (Å²) < 4.78 is 88.4. The maximum absolute atomic E-state index is 8.93. The minimum Gasteiger partial charge on any atom is -0.309 e. The molecule has 1 aliphatic rings. The second-order valence-corrected chi connectivity index (χ2v) is 9.35. The molecule has 1 aromatic heterocycles. The maximum atomic E-state index is 8.93. The largest absolute Gasteiger partial charge is 0.309 e. The van der Waals surface area contributed by atoms with Crippen LogP contribution in [0.4, 0.5) is 0 Å². The summed E-state index contributed by atoms with van der Waals surface area (Å²) >= 11 is 0. The lowest BCUT2D eigenvalue weighted by Crippen LogP contribution is -2.00. The third kappa shape index (κ3) is 3.06. The van der Waals surface area contributed by atoms with Crippen LogP contribution in [0.15, 0.2) is 145 Å². The Morgan fingerprint density at radius 2 is 1.18 bits per heavy atom. The van der Waals surface area contributed by atoms with E-state index in [2.05, 4.69) is 4.57 Å². The van der Waals surface area contributed by atoms with Crippen LogP contribution in [0.2, 0.25) is 0 Å². The summed E-state index contributed by atoms with van der Waals surface area (Å²) in [6.45, 7) is 0. The van der Waals surface area contributed by atoms with Gasteiger partial charge in [0.2, 0.25) is 0 Å². The van der Waals surface area contributed by atoms with Crippen molar-refractivity contribution in [1.29, 1.82) is 0 Å². The van der Waals surface area contributed by atoms with Gasteiger partial charge in [-0.1, -0.05) is 121 Å². The standard InChI is InChI=1S/C37H25N/c1-2-12-25(13-3-1)27-14-8-10-20-34(27)38-35-21-11-9-17-30(35)33-24-26(22-23-36(33)38)37-31-18-6-4-15-28(31)29-16-5-7-19-32(29)37/h1-24,37H/i4D,5D,6D,7D,12D,13D,15D,16D,18D,19D. The highest BCUT2D eigenvalue weighted by molar-refractivity contribution is 6.10. The zero-order valence-electron chi connectivity index (χ0n) is 30.1. The average Bonchev–Trinajstić information content (AvgIpc) is 3.62. The van der Waals surface area contributed by atoms with Crippen molar-refractivity contribution in [3.63, 3.8) is 0 Å². The molecule has 38 heavy (non-hydrogen) atoms. The van der Waals surface area contributed by atoms with Crippen molar-refractivity contribution in [2.45, 2.75) is 5.92 Å². The molecule has 6 aromatic carbocycles. The van der Waals surface area contributed by atoms with E-state index in [-0.39, 0.29) is 58.5 Å². The van der Waals surface area contributed by atoms with E-state index in [1.165, 1.54) is 0 Å². The van der Waals surface area contributed by atoms with Gasteiger partial charge in [0.05, 0.1) is 30.4 Å². The monoisotopic (exact) mass is 493 g/mol. The van der Waals surface area contributed by atoms with Gasteiger partial charge in [-0.2, -0.15) is 0 Å². The van der Waals surface area contributed by atoms with E-state index < -0.39 is 30.1 Å². The van der Waals surface area contributed by atoms with Crippen LogP contribution in [-0.4, -0.2) is 4.57 Å². The van der Waals surface area contributed by atoms with Gasteiger partial charge in [-0.25, -0.2) is 0 Å². The lowest BCUT2D eigenvalue weighted by molar-refractivity contribution is 1.02. The van der Waals surface area contributed by atoms with Crippen LogP contribution >= 0.6 is 0 Å². The van der Waals surface area contributed by atoms with Crippen molar-refractivity contribution in [2.75, 3.05) is 0 Å². The molecule has 0 unspecified atom stereocenters. The summed E-state index contributed by atoms with van der Waals surface area (Å²) in [5.74, 6) is -0.877. The van der Waals surface area contributed by atoms with E-state index in [9.17, 15) is 0 Å². The molecule has 1 nitrogen and oxygen atoms in total. The van der Waals surface area contributed by atoms with Gasteiger partial charge in [0.25, 0.3) is 0 Å². The molecule has 0 spiro atoms. The van der Waals surface area contributed by atoms with Crippen LogP contribution in [0.3, 0.4) is 0 Å². The lowest BCUT2D eigenvalue weighted by Gasteiger charge is -2.16. The van der Waals surface area contributed by atoms with E-state index >= 15 is 0 Å². The number of hydrogen-bond acceptors (Lipinski definition) is 0. The molecule has 0 saturated heterocycles. The Morgan fingerprint density at radius 1 is 0.526 bits per heavy atom. The van der Waals surface area contributed by atoms with Crippen LogP contribution in [0.1, 0.15) is 36.3 Å². The number of aromatic nitrogens is 1. The maximum Gasteiger partial charge on any atom is 0.0629 e. The molecule has 1 heteroatoms. The quantitative estimate of drug-likeness (QED) is 0.231. The van der Waals surface area contributed by atoms with Crippen molar-refractivity contribution in [3.8, 4) is 27.9 Å². The highest BCUT2D eigenvalue weighted by Gasteiger charge is 2.29. The molecule has 7 aromatic rings. The first-order valence-corrected chi connectivity index (χ1v) is 12.4. The van der Waals surface area contributed by atoms with Gasteiger partial charge in [-0.3, -0.25) is 0 Å². The molecule has 178 valence electrons. The SMILES string of the molecule is [2H]c1cccc([2H])c1-c1ccccc1-n1c2ccccc2c2cc(C3c4c([2H])c([2H])c([2H])c([2H])c4-c4c([2H])c([2H])c([2H])c([2H])c43)ccc21. The topological polar surface area (TPSA) is 4.93 Å². The molecule has 0 atom stereocenters. The molecule has 0 N–H and O–H groups in total. The molecule has 0 aliphatic heterocycles. The summed E-state index contributed by atoms with van der Waals surface area (Å²) in [5, 5.41) is 1.73. The minimum atomic E-state index is -0.877. The van der Waals surface area contributed by atoms with Crippen LogP contribution in [0.5, 0.6) is 0 Å². The Bertz CT molecular complexity index is 2440. The van der Waals surface area contributed by atoms with Crippen LogP contribution < -0.4 is 0 Å². The second-order valence-electron chi connectivity index (χ2n) is 9.35. The Hall–Kier alpha value is -4.88. The van der Waals surface area contributed by atoms with Crippen LogP contribution in [0.25, 0.3) is 49.7 Å². The van der Waals surface area contributed by atoms with Gasteiger partial charge in [0, 0.05) is 22.3 Å². The van der Waals surface area contributed by atoms with Crippen molar-refractivity contribution in [1.82, 2.24) is 4.57 Å². The lowest BCUT2D eigenvalue weighted by atomic mass is 9.88. The first-order chi connectivity index (χ1) is 23.0. The third-order valence-corrected chi connectivity index (χ3v) is 7.35. The number of hydrogen-bond donors (Lipinski definition) is 0. The summed E-state index contributed by atoms with van der Waals surface area (Å²) in [4.78, 5) is 0. The van der Waals surface area contributed by atoms with Gasteiger partial charge in [0.15, 0.2) is 0 Å². The van der Waals surface area contributed by atoms with E-state index in [0.29, 0.717) is 11.1 Å². The molecular formula is C37H25N. The first kappa shape index (κ1) is 13.6. The van der Waals surface area contributed by atoms with Crippen molar-refractivity contribution in [3.05, 3.63) is 162 Å². The fraction of sp³-hybridized carbons (Fsp3) is 0.0270. The van der Waals surface area contributed by atoms with E-state index in [1.807, 2.05) is 66.7 Å². The second kappa shape index (κ2) is 8.33. The molecule has 0 fully saturated rings. The van der Waals surface area contributed by atoms with Crippen molar-refractivity contribution in [2.24, 2.45) is 0 Å². The highest BCUT2D eigenvalue weighted by atomic mass is 15.0. The fourth-order valence-corrected chi connectivity index (χ4v) is 5.77. The number of nitrogens with zero attached hydrogens (tertiary/aromatic N) is 1. The predicted molar refractivity (Wildman–Crippen MR) is 159 cm³/mol. The molecule has 1 heterocycles. The normalized spacial score (nSPS) is 16.3. The minimum absolute atomic E-state index is 0.102. The number of fused-ring (bicyclic) bond motifs is 6. The van der Waals surface area contributed by atoms with Crippen molar-refractivity contribution < 1.29 is 13.7 Å². The summed E-state index contributed by atoms with van der Waals surface area (Å²) in [7, 11) is 0. The van der Waals surface area contributed by atoms with E-state index in [0.717, 1.165) is 33.1 Å². The highest BCUT2D eigenvalue weighted by Crippen LogP contribution is 2.48. The van der Waals surface area contributed by atoms with Crippen LogP contribution in [0, 0.1) is 0 Å². The smallest absolute Gasteiger partial charge is 0.0629 e. The zero-order chi connectivity index (χ0) is 33.8. The Kier molecular flexibility index (Phi) is 2.98. The molecular weight excluding hydrogens is 458 g/mol. The summed E-state index contributed by atoms with van der Waals surface area (Å²) in [6, 6.07) is 23.7. The number of benzene rings is 6. The molecule has 1 aliphatic carbocycles. The van der Waals surface area contributed by atoms with Crippen LogP contribution in [-0.2, 0) is 0 Å². The third-order valence-electron chi connectivity index (χ3n) is 7.35.